The van der Waals surface area contributed by atoms with Crippen LogP contribution in [0.15, 0.2) is 30.6 Å². The topological polar surface area (TPSA) is 70.6 Å². The van der Waals surface area contributed by atoms with E-state index >= 15 is 0 Å². The molecule has 35 heavy (non-hydrogen) atoms. The summed E-state index contributed by atoms with van der Waals surface area (Å²) in [5, 5.41) is 3.30. The summed E-state index contributed by atoms with van der Waals surface area (Å²) < 4.78 is 41.6. The van der Waals surface area contributed by atoms with E-state index in [0.29, 0.717) is 44.2 Å². The summed E-state index contributed by atoms with van der Waals surface area (Å²) in [6, 6.07) is 5.75. The summed E-state index contributed by atoms with van der Waals surface area (Å²) in [5.74, 6) is 0.558. The van der Waals surface area contributed by atoms with Crippen molar-refractivity contribution in [2.45, 2.75) is 57.9 Å². The normalized spacial score (nSPS) is 19.1. The average molecular weight is 492 g/mol. The highest BCUT2D eigenvalue weighted by atomic mass is 19.4. The van der Waals surface area contributed by atoms with E-state index in [1.807, 2.05) is 18.7 Å². The minimum Gasteiger partial charge on any atom is -0.406 e. The van der Waals surface area contributed by atoms with Crippen LogP contribution < -0.4 is 15.0 Å². The molecule has 4 rings (SSSR count). The van der Waals surface area contributed by atoms with Crippen LogP contribution in [-0.4, -0.2) is 65.9 Å². The Hall–Kier alpha value is -2.88. The first-order chi connectivity index (χ1) is 16.6. The van der Waals surface area contributed by atoms with Crippen LogP contribution in [0.25, 0.3) is 0 Å². The van der Waals surface area contributed by atoms with Gasteiger partial charge in [0.05, 0.1) is 5.92 Å². The molecule has 1 fully saturated rings. The second kappa shape index (κ2) is 10.4. The summed E-state index contributed by atoms with van der Waals surface area (Å²) in [4.78, 5) is 26.6. The van der Waals surface area contributed by atoms with Gasteiger partial charge in [-0.2, -0.15) is 0 Å². The van der Waals surface area contributed by atoms with E-state index in [1.165, 1.54) is 29.8 Å². The number of ether oxygens (including phenoxy) is 1. The van der Waals surface area contributed by atoms with Crippen LogP contribution >= 0.6 is 0 Å². The number of amides is 1. The van der Waals surface area contributed by atoms with Crippen molar-refractivity contribution < 1.29 is 22.7 Å². The Kier molecular flexibility index (Phi) is 7.49. The first-order valence-corrected chi connectivity index (χ1v) is 12.1. The van der Waals surface area contributed by atoms with Crippen LogP contribution in [0.3, 0.4) is 0 Å². The molecule has 1 amide bonds. The van der Waals surface area contributed by atoms with Gasteiger partial charge in [0.15, 0.2) is 0 Å². The van der Waals surface area contributed by atoms with Crippen molar-refractivity contribution >= 4 is 11.7 Å². The van der Waals surface area contributed by atoms with Crippen molar-refractivity contribution in [3.8, 4) is 5.75 Å². The van der Waals surface area contributed by atoms with Crippen LogP contribution in [0.2, 0.25) is 0 Å². The van der Waals surface area contributed by atoms with Gasteiger partial charge < -0.3 is 19.9 Å². The molecule has 1 aromatic heterocycles. The van der Waals surface area contributed by atoms with Crippen LogP contribution in [0.1, 0.15) is 55.8 Å². The number of alkyl halides is 3. The van der Waals surface area contributed by atoms with Gasteiger partial charge in [-0.05, 0) is 36.5 Å². The predicted octanol–water partition coefficient (Wildman–Crippen LogP) is 3.86. The van der Waals surface area contributed by atoms with Gasteiger partial charge in [-0.1, -0.05) is 32.9 Å². The second-order valence-electron chi connectivity index (χ2n) is 9.54. The van der Waals surface area contributed by atoms with E-state index in [0.717, 1.165) is 24.4 Å². The molecule has 1 aliphatic carbocycles. The zero-order valence-corrected chi connectivity index (χ0v) is 20.3. The lowest BCUT2D eigenvalue weighted by atomic mass is 9.96. The lowest BCUT2D eigenvalue weighted by Gasteiger charge is -2.38. The molecule has 1 aliphatic heterocycles. The monoisotopic (exact) mass is 491 g/mol. The fourth-order valence-electron chi connectivity index (χ4n) is 4.84. The third kappa shape index (κ3) is 6.04. The minimum absolute atomic E-state index is 0.0384. The highest BCUT2D eigenvalue weighted by Crippen LogP contribution is 2.37. The summed E-state index contributed by atoms with van der Waals surface area (Å²) in [7, 11) is 0. The van der Waals surface area contributed by atoms with Gasteiger partial charge in [0, 0.05) is 50.0 Å². The largest absolute Gasteiger partial charge is 0.573 e. The molecular weight excluding hydrogens is 459 g/mol. The molecule has 1 aromatic carbocycles. The number of aromatic nitrogens is 2. The fourth-order valence-corrected chi connectivity index (χ4v) is 4.84. The Morgan fingerprint density at radius 3 is 2.46 bits per heavy atom. The second-order valence-corrected chi connectivity index (χ2v) is 9.54. The number of benzene rings is 1. The quantitative estimate of drug-likeness (QED) is 0.635. The summed E-state index contributed by atoms with van der Waals surface area (Å²) >= 11 is 0. The number of fused-ring (bicyclic) bond motifs is 1. The molecule has 7 nitrogen and oxygen atoms in total. The van der Waals surface area contributed by atoms with Gasteiger partial charge in [0.1, 0.15) is 17.9 Å². The molecule has 1 saturated heterocycles. The van der Waals surface area contributed by atoms with Gasteiger partial charge in [-0.3, -0.25) is 4.79 Å². The zero-order valence-electron chi connectivity index (χ0n) is 20.3. The third-order valence-corrected chi connectivity index (χ3v) is 6.69. The number of anilines is 1. The Morgan fingerprint density at radius 1 is 1.14 bits per heavy atom. The number of rotatable bonds is 7. The third-order valence-electron chi connectivity index (χ3n) is 6.69. The smallest absolute Gasteiger partial charge is 0.406 e. The van der Waals surface area contributed by atoms with Gasteiger partial charge in [-0.15, -0.1) is 13.2 Å². The standard InChI is InChI=1S/C25H32F3N5O2/c1-16(2)29-14-20(18-5-7-19(8-6-18)35-25(26,27)28)24(34)33-12-10-32(11-13-33)23-22-17(3)4-9-21(22)30-15-31-23/h5-8,15-17,20,29H,4,9-14H2,1-3H3/t17-,20?/m1/s1. The summed E-state index contributed by atoms with van der Waals surface area (Å²) in [6.45, 7) is 9.03. The lowest BCUT2D eigenvalue weighted by Crippen LogP contribution is -2.51. The lowest BCUT2D eigenvalue weighted by molar-refractivity contribution is -0.274. The van der Waals surface area contributed by atoms with E-state index in [-0.39, 0.29) is 17.7 Å². The van der Waals surface area contributed by atoms with E-state index in [9.17, 15) is 18.0 Å². The number of nitrogens with zero attached hydrogens (tertiary/aromatic N) is 4. The van der Waals surface area contributed by atoms with Crippen molar-refractivity contribution in [2.75, 3.05) is 37.6 Å². The maximum absolute atomic E-state index is 13.5. The van der Waals surface area contributed by atoms with Crippen molar-refractivity contribution in [2.24, 2.45) is 0 Å². The molecule has 0 spiro atoms. The van der Waals surface area contributed by atoms with Crippen LogP contribution in [0, 0.1) is 0 Å². The van der Waals surface area contributed by atoms with Crippen LogP contribution in [-0.2, 0) is 11.2 Å². The van der Waals surface area contributed by atoms with E-state index < -0.39 is 12.3 Å². The average Bonchev–Trinajstić information content (AvgIpc) is 3.20. The Morgan fingerprint density at radius 2 is 1.83 bits per heavy atom. The molecule has 0 bridgehead atoms. The van der Waals surface area contributed by atoms with Crippen molar-refractivity contribution in [1.29, 1.82) is 0 Å². The van der Waals surface area contributed by atoms with Crippen molar-refractivity contribution in [1.82, 2.24) is 20.2 Å². The molecular formula is C25H32F3N5O2. The first-order valence-electron chi connectivity index (χ1n) is 12.1. The molecule has 2 heterocycles. The SMILES string of the molecule is CC(C)NCC(C(=O)N1CCN(c2ncnc3c2[C@H](C)CC3)CC1)c1ccc(OC(F)(F)F)cc1. The molecule has 0 radical (unpaired) electrons. The minimum atomic E-state index is -4.75. The van der Waals surface area contributed by atoms with Gasteiger partial charge >= 0.3 is 6.36 Å². The molecule has 1 unspecified atom stereocenters. The number of aryl methyl sites for hydroxylation is 1. The summed E-state index contributed by atoms with van der Waals surface area (Å²) in [6.07, 6.45) is -1.07. The van der Waals surface area contributed by atoms with Gasteiger partial charge in [-0.25, -0.2) is 9.97 Å². The maximum atomic E-state index is 13.5. The van der Waals surface area contributed by atoms with E-state index in [4.69, 9.17) is 0 Å². The Bertz CT molecular complexity index is 1020. The van der Waals surface area contributed by atoms with Gasteiger partial charge in [0.25, 0.3) is 0 Å². The number of piperazine rings is 1. The van der Waals surface area contributed by atoms with E-state index in [1.54, 1.807) is 6.33 Å². The van der Waals surface area contributed by atoms with Crippen LogP contribution in [0.4, 0.5) is 19.0 Å². The first kappa shape index (κ1) is 25.2. The number of hydrogen-bond donors (Lipinski definition) is 1. The fraction of sp³-hybridized carbons (Fsp3) is 0.560. The zero-order chi connectivity index (χ0) is 25.2. The molecule has 2 atom stereocenters. The highest BCUT2D eigenvalue weighted by Gasteiger charge is 2.33. The molecule has 2 aromatic rings. The predicted molar refractivity (Wildman–Crippen MR) is 127 cm³/mol. The highest BCUT2D eigenvalue weighted by molar-refractivity contribution is 5.84. The number of carbonyl (C=O) groups excluding carboxylic acids is 1. The number of carbonyl (C=O) groups is 1. The molecule has 10 heteroatoms. The molecule has 2 aliphatic rings. The number of halogens is 3. The van der Waals surface area contributed by atoms with Gasteiger partial charge in [0.2, 0.25) is 5.91 Å². The van der Waals surface area contributed by atoms with E-state index in [2.05, 4.69) is 31.8 Å². The van der Waals surface area contributed by atoms with Crippen molar-refractivity contribution in [3.63, 3.8) is 0 Å². The summed E-state index contributed by atoms with van der Waals surface area (Å²) in [5.41, 5.74) is 3.01. The number of nitrogens with one attached hydrogen (secondary N) is 1. The van der Waals surface area contributed by atoms with Crippen LogP contribution in [0.5, 0.6) is 5.75 Å². The molecule has 190 valence electrons. The maximum Gasteiger partial charge on any atom is 0.573 e. The Balaban J connectivity index is 1.45. The number of hydrogen-bond acceptors (Lipinski definition) is 6. The molecule has 0 saturated carbocycles. The molecule has 1 N–H and O–H groups in total. The Labute approximate surface area is 203 Å². The van der Waals surface area contributed by atoms with Crippen molar-refractivity contribution in [3.05, 3.63) is 47.4 Å².